The van der Waals surface area contributed by atoms with Gasteiger partial charge in [-0.2, -0.15) is 13.2 Å². The smallest absolute Gasteiger partial charge is 0.316 e. The predicted molar refractivity (Wildman–Crippen MR) is 67.1 cm³/mol. The second kappa shape index (κ2) is 4.34. The summed E-state index contributed by atoms with van der Waals surface area (Å²) in [4.78, 5) is 12.1. The zero-order valence-electron chi connectivity index (χ0n) is 9.93. The van der Waals surface area contributed by atoms with Crippen molar-refractivity contribution in [2.75, 3.05) is 13.1 Å². The first kappa shape index (κ1) is 13.2. The van der Waals surface area contributed by atoms with Gasteiger partial charge in [-0.05, 0) is 40.9 Å². The highest BCUT2D eigenvalue weighted by molar-refractivity contribution is 9.10. The molecule has 1 unspecified atom stereocenters. The molecule has 3 rings (SSSR count). The lowest BCUT2D eigenvalue weighted by Gasteiger charge is -2.37. The van der Waals surface area contributed by atoms with Crippen LogP contribution in [0.2, 0.25) is 0 Å². The van der Waals surface area contributed by atoms with E-state index in [0.717, 1.165) is 13.0 Å². The van der Waals surface area contributed by atoms with E-state index in [2.05, 4.69) is 21.2 Å². The van der Waals surface area contributed by atoms with E-state index >= 15 is 0 Å². The van der Waals surface area contributed by atoms with Crippen LogP contribution in [0.3, 0.4) is 0 Å². The molecule has 2 bridgehead atoms. The number of nitrogens with one attached hydrogen (secondary N) is 1. The van der Waals surface area contributed by atoms with E-state index < -0.39 is 17.3 Å². The van der Waals surface area contributed by atoms with Crippen molar-refractivity contribution in [2.45, 2.75) is 25.1 Å². The minimum atomic E-state index is -4.62. The Morgan fingerprint density at radius 1 is 1.37 bits per heavy atom. The van der Waals surface area contributed by atoms with Crippen LogP contribution in [0.25, 0.3) is 0 Å². The number of alkyl halides is 3. The summed E-state index contributed by atoms with van der Waals surface area (Å²) in [7, 11) is 0. The van der Waals surface area contributed by atoms with Gasteiger partial charge in [0.25, 0.3) is 5.56 Å². The van der Waals surface area contributed by atoms with Crippen molar-refractivity contribution >= 4 is 15.9 Å². The number of rotatable bonds is 0. The van der Waals surface area contributed by atoms with Crippen LogP contribution < -0.4 is 10.9 Å². The molecule has 0 spiro atoms. The van der Waals surface area contributed by atoms with Crippen LogP contribution >= 0.6 is 15.9 Å². The SMILES string of the molecule is O=c1c(C(F)(F)F)c(Br)cc2n1CC1CNC[C@@H]2C1. The van der Waals surface area contributed by atoms with Crippen molar-refractivity contribution < 1.29 is 13.2 Å². The van der Waals surface area contributed by atoms with Gasteiger partial charge in [0.15, 0.2) is 0 Å². The number of hydrogen-bond acceptors (Lipinski definition) is 2. The van der Waals surface area contributed by atoms with Crippen LogP contribution in [0.1, 0.15) is 23.6 Å². The summed E-state index contributed by atoms with van der Waals surface area (Å²) in [6.45, 7) is 1.85. The zero-order valence-corrected chi connectivity index (χ0v) is 11.5. The van der Waals surface area contributed by atoms with Gasteiger partial charge in [0.05, 0.1) is 0 Å². The normalized spacial score (nSPS) is 26.1. The molecule has 1 N–H and O–H groups in total. The van der Waals surface area contributed by atoms with Crippen molar-refractivity contribution in [3.63, 3.8) is 0 Å². The fourth-order valence-electron chi connectivity index (χ4n) is 3.07. The molecule has 7 heteroatoms. The molecule has 0 aliphatic carbocycles. The average molecular weight is 337 g/mol. The van der Waals surface area contributed by atoms with Crippen LogP contribution in [-0.4, -0.2) is 17.7 Å². The fraction of sp³-hybridized carbons (Fsp3) is 0.583. The van der Waals surface area contributed by atoms with E-state index in [1.807, 2.05) is 0 Å². The zero-order chi connectivity index (χ0) is 13.8. The molecule has 2 atom stereocenters. The largest absolute Gasteiger partial charge is 0.422 e. The Morgan fingerprint density at radius 3 is 2.79 bits per heavy atom. The molecule has 3 heterocycles. The van der Waals surface area contributed by atoms with Crippen LogP contribution in [-0.2, 0) is 12.7 Å². The molecular weight excluding hydrogens is 325 g/mol. The summed E-state index contributed by atoms with van der Waals surface area (Å²) in [6, 6.07) is 1.46. The monoisotopic (exact) mass is 336 g/mol. The van der Waals surface area contributed by atoms with Crippen molar-refractivity contribution in [1.82, 2.24) is 9.88 Å². The van der Waals surface area contributed by atoms with Crippen LogP contribution in [0.4, 0.5) is 13.2 Å². The standard InChI is InChI=1S/C12H12BrF3N2O/c13-8-2-9-7-1-6(3-17-4-7)5-18(9)11(19)10(8)12(14,15)16/h2,6-7,17H,1,3-5H2/t6?,7-/m0/s1. The Labute approximate surface area is 115 Å². The Bertz CT molecular complexity index is 582. The van der Waals surface area contributed by atoms with Gasteiger partial charge in [0.1, 0.15) is 5.56 Å². The Kier molecular flexibility index (Phi) is 3.01. The topological polar surface area (TPSA) is 34.0 Å². The molecule has 1 aromatic heterocycles. The van der Waals surface area contributed by atoms with Crippen molar-refractivity contribution in [1.29, 1.82) is 0 Å². The third-order valence-electron chi connectivity index (χ3n) is 3.87. The van der Waals surface area contributed by atoms with Crippen LogP contribution in [0.15, 0.2) is 15.3 Å². The van der Waals surface area contributed by atoms with Crippen molar-refractivity contribution in [3.05, 3.63) is 32.2 Å². The highest BCUT2D eigenvalue weighted by Gasteiger charge is 2.40. The quantitative estimate of drug-likeness (QED) is 0.789. The number of piperidine rings is 1. The third kappa shape index (κ3) is 2.12. The van der Waals surface area contributed by atoms with E-state index in [0.29, 0.717) is 18.8 Å². The first-order valence-corrected chi connectivity index (χ1v) is 6.88. The molecule has 0 radical (unpaired) electrons. The van der Waals surface area contributed by atoms with Gasteiger partial charge in [-0.25, -0.2) is 0 Å². The summed E-state index contributed by atoms with van der Waals surface area (Å²) in [5.74, 6) is 0.366. The van der Waals surface area contributed by atoms with E-state index in [1.165, 1.54) is 10.6 Å². The minimum absolute atomic E-state index is 0.124. The molecule has 1 fully saturated rings. The van der Waals surface area contributed by atoms with Gasteiger partial charge in [-0.15, -0.1) is 0 Å². The molecule has 104 valence electrons. The number of nitrogens with zero attached hydrogens (tertiary/aromatic N) is 1. The molecule has 0 saturated carbocycles. The summed E-state index contributed by atoms with van der Waals surface area (Å²) >= 11 is 2.90. The fourth-order valence-corrected chi connectivity index (χ4v) is 3.70. The van der Waals surface area contributed by atoms with Gasteiger partial charge < -0.3 is 9.88 Å². The summed E-state index contributed by atoms with van der Waals surface area (Å²) in [6.07, 6.45) is -3.69. The number of aromatic nitrogens is 1. The van der Waals surface area contributed by atoms with Crippen molar-refractivity contribution in [2.24, 2.45) is 5.92 Å². The number of fused-ring (bicyclic) bond motifs is 4. The summed E-state index contributed by atoms with van der Waals surface area (Å²) < 4.78 is 39.9. The number of halogens is 4. The molecular formula is C12H12BrF3N2O. The number of pyridine rings is 1. The maximum Gasteiger partial charge on any atom is 0.422 e. The Morgan fingerprint density at radius 2 is 2.11 bits per heavy atom. The van der Waals surface area contributed by atoms with Crippen molar-refractivity contribution in [3.8, 4) is 0 Å². The molecule has 1 aromatic rings. The van der Waals surface area contributed by atoms with Gasteiger partial charge in [0, 0.05) is 29.2 Å². The Hall–Kier alpha value is -0.820. The minimum Gasteiger partial charge on any atom is -0.316 e. The summed E-state index contributed by atoms with van der Waals surface area (Å²) in [5, 5.41) is 3.26. The first-order valence-electron chi connectivity index (χ1n) is 6.09. The molecule has 0 amide bonds. The molecule has 3 nitrogen and oxygen atoms in total. The highest BCUT2D eigenvalue weighted by Crippen LogP contribution is 2.37. The van der Waals surface area contributed by atoms with Crippen LogP contribution in [0, 0.1) is 5.92 Å². The molecule has 0 aromatic carbocycles. The maximum atomic E-state index is 12.9. The lowest BCUT2D eigenvalue weighted by Crippen LogP contribution is -2.46. The van der Waals surface area contributed by atoms with Gasteiger partial charge >= 0.3 is 6.18 Å². The van der Waals surface area contributed by atoms with Crippen LogP contribution in [0.5, 0.6) is 0 Å². The van der Waals surface area contributed by atoms with Gasteiger partial charge in [-0.3, -0.25) is 4.79 Å². The third-order valence-corrected chi connectivity index (χ3v) is 4.49. The lowest BCUT2D eigenvalue weighted by atomic mass is 9.84. The second-order valence-corrected chi connectivity index (χ2v) is 6.02. The second-order valence-electron chi connectivity index (χ2n) is 5.16. The van der Waals surface area contributed by atoms with E-state index in [4.69, 9.17) is 0 Å². The first-order chi connectivity index (χ1) is 8.88. The predicted octanol–water partition coefficient (Wildman–Crippen LogP) is 2.34. The molecule has 2 aliphatic heterocycles. The molecule has 19 heavy (non-hydrogen) atoms. The van der Waals surface area contributed by atoms with E-state index in [1.54, 1.807) is 0 Å². The maximum absolute atomic E-state index is 12.9. The Balaban J connectivity index is 2.21. The van der Waals surface area contributed by atoms with Gasteiger partial charge in [0.2, 0.25) is 0 Å². The van der Waals surface area contributed by atoms with E-state index in [9.17, 15) is 18.0 Å². The van der Waals surface area contributed by atoms with Gasteiger partial charge in [-0.1, -0.05) is 0 Å². The highest BCUT2D eigenvalue weighted by atomic mass is 79.9. The number of hydrogen-bond donors (Lipinski definition) is 1. The molecule has 1 saturated heterocycles. The van der Waals surface area contributed by atoms with E-state index in [-0.39, 0.29) is 16.3 Å². The average Bonchev–Trinajstić information content (AvgIpc) is 2.30. The molecule has 2 aliphatic rings. The summed E-state index contributed by atoms with van der Waals surface area (Å²) in [5.41, 5.74) is -1.31. The lowest BCUT2D eigenvalue weighted by molar-refractivity contribution is -0.139.